The molecule has 3 heteroatoms. The molecule has 0 bridgehead atoms. The van der Waals surface area contributed by atoms with E-state index < -0.39 is 0 Å². The molecule has 1 N–H and O–H groups in total. The monoisotopic (exact) mass is 316 g/mol. The number of methoxy groups -OCH3 is 1. The first-order valence-corrected chi connectivity index (χ1v) is 9.49. The largest absolute Gasteiger partial charge is 0.394 e. The van der Waals surface area contributed by atoms with Crippen LogP contribution in [0.1, 0.15) is 84.5 Å². The van der Waals surface area contributed by atoms with Gasteiger partial charge in [-0.3, -0.25) is 0 Å². The van der Waals surface area contributed by atoms with Crippen molar-refractivity contribution in [2.45, 2.75) is 90.6 Å². The van der Waals surface area contributed by atoms with E-state index in [1.807, 2.05) is 0 Å². The van der Waals surface area contributed by atoms with Crippen molar-refractivity contribution in [3.05, 3.63) is 0 Å². The summed E-state index contributed by atoms with van der Waals surface area (Å²) >= 11 is 0. The smallest absolute Gasteiger partial charge is 0.103 e. The minimum atomic E-state index is -0.169. The van der Waals surface area contributed by atoms with E-state index in [2.05, 4.69) is 13.8 Å². The number of aliphatic hydroxyl groups excluding tert-OH is 1. The molecule has 22 heavy (non-hydrogen) atoms. The molecule has 134 valence electrons. The molecule has 0 radical (unpaired) electrons. The first-order valence-electron chi connectivity index (χ1n) is 9.49. The van der Waals surface area contributed by atoms with E-state index in [1.165, 1.54) is 64.2 Å². The van der Waals surface area contributed by atoms with E-state index in [0.29, 0.717) is 6.61 Å². The fourth-order valence-electron chi connectivity index (χ4n) is 2.82. The summed E-state index contributed by atoms with van der Waals surface area (Å²) < 4.78 is 10.6. The molecule has 1 unspecified atom stereocenters. The Balaban J connectivity index is 3.47. The summed E-state index contributed by atoms with van der Waals surface area (Å²) in [5.41, 5.74) is 0. The summed E-state index contributed by atoms with van der Waals surface area (Å²) in [6, 6.07) is 0. The summed E-state index contributed by atoms with van der Waals surface area (Å²) in [7, 11) is 1.61. The highest BCUT2D eigenvalue weighted by atomic mass is 16.5. The summed E-state index contributed by atoms with van der Waals surface area (Å²) in [5, 5.41) is 8.97. The number of ether oxygens (including phenoxy) is 2. The molecular weight excluding hydrogens is 276 g/mol. The van der Waals surface area contributed by atoms with Gasteiger partial charge in [-0.2, -0.15) is 0 Å². The van der Waals surface area contributed by atoms with Crippen LogP contribution in [0.25, 0.3) is 0 Å². The molecule has 3 nitrogen and oxygen atoms in total. The highest BCUT2D eigenvalue weighted by Gasteiger charge is 2.08. The van der Waals surface area contributed by atoms with Crippen LogP contribution in [-0.2, 0) is 9.47 Å². The lowest BCUT2D eigenvalue weighted by Gasteiger charge is -2.16. The zero-order chi connectivity index (χ0) is 16.5. The van der Waals surface area contributed by atoms with Crippen LogP contribution < -0.4 is 0 Å². The van der Waals surface area contributed by atoms with Gasteiger partial charge < -0.3 is 14.6 Å². The van der Waals surface area contributed by atoms with Crippen LogP contribution in [0.5, 0.6) is 0 Å². The third kappa shape index (κ3) is 13.5. The molecule has 0 aromatic heterocycles. The van der Waals surface area contributed by atoms with Crippen LogP contribution in [0.15, 0.2) is 0 Å². The van der Waals surface area contributed by atoms with E-state index in [-0.39, 0.29) is 12.7 Å². The summed E-state index contributed by atoms with van der Waals surface area (Å²) in [5.74, 6) is 0.961. The number of hydrogen-bond donors (Lipinski definition) is 1. The van der Waals surface area contributed by atoms with Gasteiger partial charge in [0.25, 0.3) is 0 Å². The van der Waals surface area contributed by atoms with Crippen LogP contribution in [0.2, 0.25) is 0 Å². The highest BCUT2D eigenvalue weighted by Crippen LogP contribution is 2.22. The summed E-state index contributed by atoms with van der Waals surface area (Å²) in [4.78, 5) is 0. The van der Waals surface area contributed by atoms with E-state index in [0.717, 1.165) is 18.9 Å². The number of rotatable bonds is 17. The molecule has 0 spiro atoms. The Hall–Kier alpha value is -0.120. The van der Waals surface area contributed by atoms with Gasteiger partial charge in [-0.15, -0.1) is 0 Å². The molecule has 0 heterocycles. The van der Waals surface area contributed by atoms with Gasteiger partial charge in [0, 0.05) is 13.7 Å². The van der Waals surface area contributed by atoms with Gasteiger partial charge in [0.05, 0.1) is 13.2 Å². The molecular formula is C19H40O3. The predicted octanol–water partition coefficient (Wildman–Crippen LogP) is 4.96. The van der Waals surface area contributed by atoms with Gasteiger partial charge in [0.2, 0.25) is 0 Å². The van der Waals surface area contributed by atoms with Crippen LogP contribution in [0, 0.1) is 5.92 Å². The quantitative estimate of drug-likeness (QED) is 0.386. The minimum Gasteiger partial charge on any atom is -0.394 e. The molecule has 0 saturated heterocycles. The van der Waals surface area contributed by atoms with Crippen molar-refractivity contribution in [1.82, 2.24) is 0 Å². The van der Waals surface area contributed by atoms with Crippen molar-refractivity contribution in [3.8, 4) is 0 Å². The topological polar surface area (TPSA) is 38.7 Å². The van der Waals surface area contributed by atoms with Gasteiger partial charge in [0.1, 0.15) is 6.10 Å². The summed E-state index contributed by atoms with van der Waals surface area (Å²) in [6.45, 7) is 5.91. The maximum absolute atomic E-state index is 8.97. The normalized spacial score (nSPS) is 13.0. The Morgan fingerprint density at radius 2 is 1.41 bits per heavy atom. The molecule has 0 aromatic carbocycles. The van der Waals surface area contributed by atoms with Gasteiger partial charge in [-0.25, -0.2) is 0 Å². The second kappa shape index (κ2) is 17.2. The Morgan fingerprint density at radius 3 is 1.95 bits per heavy atom. The van der Waals surface area contributed by atoms with Crippen molar-refractivity contribution < 1.29 is 14.6 Å². The molecule has 0 amide bonds. The molecule has 0 fully saturated rings. The first kappa shape index (κ1) is 21.9. The Kier molecular flexibility index (Phi) is 17.1. The molecule has 0 aliphatic heterocycles. The SMILES string of the molecule is CCCCC(CCCC)CCCCCCOCC(CO)OC. The van der Waals surface area contributed by atoms with Crippen LogP contribution >= 0.6 is 0 Å². The number of hydrogen-bond acceptors (Lipinski definition) is 3. The fourth-order valence-corrected chi connectivity index (χ4v) is 2.82. The second-order valence-electron chi connectivity index (χ2n) is 6.47. The third-order valence-electron chi connectivity index (χ3n) is 4.42. The van der Waals surface area contributed by atoms with Crippen molar-refractivity contribution in [3.63, 3.8) is 0 Å². The predicted molar refractivity (Wildman–Crippen MR) is 94.3 cm³/mol. The Bertz CT molecular complexity index is 197. The van der Waals surface area contributed by atoms with Crippen LogP contribution in [-0.4, -0.2) is 38.1 Å². The van der Waals surface area contributed by atoms with Gasteiger partial charge >= 0.3 is 0 Å². The Morgan fingerprint density at radius 1 is 0.818 bits per heavy atom. The van der Waals surface area contributed by atoms with Crippen molar-refractivity contribution >= 4 is 0 Å². The number of unbranched alkanes of at least 4 members (excludes halogenated alkanes) is 5. The molecule has 1 atom stereocenters. The van der Waals surface area contributed by atoms with Crippen LogP contribution in [0.4, 0.5) is 0 Å². The maximum atomic E-state index is 8.97. The second-order valence-corrected chi connectivity index (χ2v) is 6.47. The zero-order valence-electron chi connectivity index (χ0n) is 15.3. The van der Waals surface area contributed by atoms with Gasteiger partial charge in [0.15, 0.2) is 0 Å². The molecule has 0 saturated carbocycles. The molecule has 0 aliphatic carbocycles. The standard InChI is InChI=1S/C19H40O3/c1-4-6-12-18(13-7-5-2)14-10-8-9-11-15-22-17-19(16-20)21-3/h18-20H,4-17H2,1-3H3. The van der Waals surface area contributed by atoms with E-state index >= 15 is 0 Å². The van der Waals surface area contributed by atoms with Gasteiger partial charge in [-0.1, -0.05) is 78.1 Å². The van der Waals surface area contributed by atoms with Crippen molar-refractivity contribution in [2.24, 2.45) is 5.92 Å². The lowest BCUT2D eigenvalue weighted by atomic mass is 9.91. The summed E-state index contributed by atoms with van der Waals surface area (Å²) in [6.07, 6.45) is 14.6. The first-order chi connectivity index (χ1) is 10.8. The maximum Gasteiger partial charge on any atom is 0.103 e. The number of aliphatic hydroxyl groups is 1. The molecule has 0 aromatic rings. The minimum absolute atomic E-state index is 0.0351. The fraction of sp³-hybridized carbons (Fsp3) is 1.00. The average Bonchev–Trinajstić information content (AvgIpc) is 2.55. The lowest BCUT2D eigenvalue weighted by Crippen LogP contribution is -2.22. The van der Waals surface area contributed by atoms with E-state index in [9.17, 15) is 0 Å². The van der Waals surface area contributed by atoms with Gasteiger partial charge in [-0.05, 0) is 12.3 Å². The van der Waals surface area contributed by atoms with E-state index in [4.69, 9.17) is 14.6 Å². The molecule has 0 rings (SSSR count). The zero-order valence-corrected chi connectivity index (χ0v) is 15.3. The van der Waals surface area contributed by atoms with E-state index in [1.54, 1.807) is 7.11 Å². The lowest BCUT2D eigenvalue weighted by molar-refractivity contribution is -0.0205. The highest BCUT2D eigenvalue weighted by molar-refractivity contribution is 4.60. The van der Waals surface area contributed by atoms with Crippen LogP contribution in [0.3, 0.4) is 0 Å². The molecule has 0 aliphatic rings. The van der Waals surface area contributed by atoms with Crippen molar-refractivity contribution in [1.29, 1.82) is 0 Å². The third-order valence-corrected chi connectivity index (χ3v) is 4.42. The Labute approximate surface area is 138 Å². The van der Waals surface area contributed by atoms with Crippen molar-refractivity contribution in [2.75, 3.05) is 26.9 Å². The average molecular weight is 317 g/mol.